The summed E-state index contributed by atoms with van der Waals surface area (Å²) in [7, 11) is 0. The van der Waals surface area contributed by atoms with Gasteiger partial charge in [-0.3, -0.25) is 0 Å². The number of benzene rings is 3. The Labute approximate surface area is 259 Å². The summed E-state index contributed by atoms with van der Waals surface area (Å²) in [4.78, 5) is 0. The molecule has 0 amide bonds. The molecule has 0 aliphatic carbocycles. The van der Waals surface area contributed by atoms with Crippen LogP contribution in [0.3, 0.4) is 0 Å². The van der Waals surface area contributed by atoms with Crippen LogP contribution < -0.4 is 10.4 Å². The molecule has 0 N–H and O–H groups in total. The first-order valence-electron chi connectivity index (χ1n) is 12.1. The molecule has 0 fully saturated rings. The first-order chi connectivity index (χ1) is 22.1. The van der Waals surface area contributed by atoms with Crippen molar-refractivity contribution in [1.29, 1.82) is 31.6 Å². The highest BCUT2D eigenvalue weighted by Crippen LogP contribution is 2.42. The Bertz CT molecular complexity index is 2020. The van der Waals surface area contributed by atoms with Gasteiger partial charge < -0.3 is 0 Å². The van der Waals surface area contributed by atoms with Gasteiger partial charge in [-0.05, 0) is 35.4 Å². The normalized spacial score (nSPS) is 13.1. The molecular weight excluding hydrogens is 672 g/mol. The van der Waals surface area contributed by atoms with Gasteiger partial charge in [0.25, 0.3) is 0 Å². The SMILES string of the molecule is N#C/C(c1cc(C(F)(F)F)c(C#N)c(C(F)(F)F)c1)=c1\cc/c(=C(\C#N)c2cc(C(F)(F)F)c(C#N)c(C(F)(F)F)c2)c(C#N)c1C#N. The summed E-state index contributed by atoms with van der Waals surface area (Å²) in [5.74, 6) is 0. The first kappa shape index (κ1) is 36.0. The van der Waals surface area contributed by atoms with Crippen molar-refractivity contribution < 1.29 is 52.7 Å². The van der Waals surface area contributed by atoms with Crippen molar-refractivity contribution in [2.75, 3.05) is 0 Å². The van der Waals surface area contributed by atoms with E-state index in [1.54, 1.807) is 0 Å². The minimum absolute atomic E-state index is 0.00558. The van der Waals surface area contributed by atoms with Crippen molar-refractivity contribution in [3.8, 4) is 36.4 Å². The molecule has 0 unspecified atom stereocenters. The van der Waals surface area contributed by atoms with Crippen LogP contribution in [0.4, 0.5) is 52.7 Å². The van der Waals surface area contributed by atoms with Crippen LogP contribution in [0.25, 0.3) is 11.1 Å². The molecule has 240 valence electrons. The molecule has 18 heteroatoms. The van der Waals surface area contributed by atoms with Crippen molar-refractivity contribution in [2.45, 2.75) is 24.7 Å². The van der Waals surface area contributed by atoms with Gasteiger partial charge >= 0.3 is 24.7 Å². The van der Waals surface area contributed by atoms with Gasteiger partial charge in [0.15, 0.2) is 0 Å². The summed E-state index contributed by atoms with van der Waals surface area (Å²) in [6.45, 7) is 0. The lowest BCUT2D eigenvalue weighted by molar-refractivity contribution is -0.145. The number of halogens is 12. The van der Waals surface area contributed by atoms with E-state index in [0.29, 0.717) is 12.1 Å². The van der Waals surface area contributed by atoms with E-state index < -0.39 is 102 Å². The molecule has 3 aromatic carbocycles. The zero-order valence-corrected chi connectivity index (χ0v) is 22.7. The van der Waals surface area contributed by atoms with E-state index in [4.69, 9.17) is 10.5 Å². The summed E-state index contributed by atoms with van der Waals surface area (Å²) < 4.78 is 165. The van der Waals surface area contributed by atoms with Gasteiger partial charge in [0.05, 0.1) is 55.7 Å². The second kappa shape index (κ2) is 12.4. The van der Waals surface area contributed by atoms with Gasteiger partial charge in [0.2, 0.25) is 0 Å². The van der Waals surface area contributed by atoms with E-state index in [-0.39, 0.29) is 24.3 Å². The van der Waals surface area contributed by atoms with Crippen molar-refractivity contribution in [3.05, 3.63) is 102 Å². The fraction of sp³-hybridized carbons (Fsp3) is 0.133. The summed E-state index contributed by atoms with van der Waals surface area (Å²) in [6, 6.07) is 8.10. The average Bonchev–Trinajstić information content (AvgIpc) is 2.99. The lowest BCUT2D eigenvalue weighted by Crippen LogP contribution is -2.24. The maximum absolute atomic E-state index is 13.7. The van der Waals surface area contributed by atoms with Gasteiger partial charge in [0.1, 0.15) is 36.4 Å². The fourth-order valence-electron chi connectivity index (χ4n) is 4.52. The number of rotatable bonds is 2. The smallest absolute Gasteiger partial charge is 0.192 e. The number of hydrogen-bond donors (Lipinski definition) is 0. The van der Waals surface area contributed by atoms with Crippen LogP contribution in [0.15, 0.2) is 36.4 Å². The number of nitrogens with zero attached hydrogens (tertiary/aromatic N) is 6. The largest absolute Gasteiger partial charge is 0.417 e. The molecule has 0 spiro atoms. The summed E-state index contributed by atoms with van der Waals surface area (Å²) in [5, 5.41) is 55.7. The molecule has 0 radical (unpaired) electrons. The Hall–Kier alpha value is -6.50. The monoisotopic (exact) mass is 678 g/mol. The van der Waals surface area contributed by atoms with Gasteiger partial charge in [-0.2, -0.15) is 84.3 Å². The second-order valence-corrected chi connectivity index (χ2v) is 9.22. The molecule has 0 heterocycles. The number of alkyl halides is 12. The van der Waals surface area contributed by atoms with Crippen LogP contribution in [0, 0.1) is 68.0 Å². The van der Waals surface area contributed by atoms with Crippen LogP contribution in [-0.2, 0) is 24.7 Å². The highest BCUT2D eigenvalue weighted by molar-refractivity contribution is 5.82. The Morgan fingerprint density at radius 3 is 0.792 bits per heavy atom. The van der Waals surface area contributed by atoms with Crippen molar-refractivity contribution >= 4 is 11.1 Å². The molecule has 0 bridgehead atoms. The number of hydrogen-bond acceptors (Lipinski definition) is 6. The lowest BCUT2D eigenvalue weighted by atomic mass is 9.90. The van der Waals surface area contributed by atoms with Crippen molar-refractivity contribution in [2.24, 2.45) is 0 Å². The van der Waals surface area contributed by atoms with Crippen molar-refractivity contribution in [3.63, 3.8) is 0 Å². The highest BCUT2D eigenvalue weighted by atomic mass is 19.4. The number of nitriles is 6. The molecule has 0 aromatic heterocycles. The summed E-state index contributed by atoms with van der Waals surface area (Å²) >= 11 is 0. The molecule has 0 aliphatic heterocycles. The minimum Gasteiger partial charge on any atom is -0.192 e. The van der Waals surface area contributed by atoms with E-state index in [0.717, 1.165) is 12.1 Å². The average molecular weight is 678 g/mol. The molecule has 0 aliphatic rings. The highest BCUT2D eigenvalue weighted by Gasteiger charge is 2.43. The molecule has 3 aromatic rings. The molecule has 0 saturated heterocycles. The first-order valence-corrected chi connectivity index (χ1v) is 12.1. The van der Waals surface area contributed by atoms with E-state index in [9.17, 15) is 73.7 Å². The van der Waals surface area contributed by atoms with E-state index in [2.05, 4.69) is 0 Å². The third-order valence-corrected chi connectivity index (χ3v) is 6.49. The van der Waals surface area contributed by atoms with Gasteiger partial charge in [-0.15, -0.1) is 0 Å². The Balaban J connectivity index is 2.65. The van der Waals surface area contributed by atoms with Crippen LogP contribution in [0.1, 0.15) is 55.6 Å². The van der Waals surface area contributed by atoms with Crippen molar-refractivity contribution in [1.82, 2.24) is 0 Å². The quantitative estimate of drug-likeness (QED) is 0.276. The third-order valence-electron chi connectivity index (χ3n) is 6.49. The zero-order valence-electron chi connectivity index (χ0n) is 22.7. The van der Waals surface area contributed by atoms with Crippen LogP contribution in [0.5, 0.6) is 0 Å². The Morgan fingerprint density at radius 2 is 0.625 bits per heavy atom. The topological polar surface area (TPSA) is 143 Å². The second-order valence-electron chi connectivity index (χ2n) is 9.22. The maximum Gasteiger partial charge on any atom is 0.417 e. The Kier molecular flexibility index (Phi) is 9.26. The molecule has 0 atom stereocenters. The maximum atomic E-state index is 13.7. The van der Waals surface area contributed by atoms with Gasteiger partial charge in [0, 0.05) is 10.4 Å². The Morgan fingerprint density at radius 1 is 0.396 bits per heavy atom. The van der Waals surface area contributed by atoms with Crippen LogP contribution >= 0.6 is 0 Å². The van der Waals surface area contributed by atoms with E-state index >= 15 is 0 Å². The standard InChI is InChI=1S/C30H6F12N6/c31-27(32,33)23-3-13(4-24(21(23)11-47)28(34,35)36)17(7-43)15-1-2-16(20(10-46)19(15)9-45)18(8-44)14-5-25(29(37,38)39)22(12-48)26(6-14)30(40,41)42/h1-6H/b17-15-,18-16-. The predicted molar refractivity (Wildman–Crippen MR) is 134 cm³/mol. The zero-order chi connectivity index (χ0) is 36.6. The van der Waals surface area contributed by atoms with E-state index in [1.807, 2.05) is 0 Å². The predicted octanol–water partition coefficient (Wildman–Crippen LogP) is 6.69. The lowest BCUT2D eigenvalue weighted by Gasteiger charge is -2.17. The molecule has 48 heavy (non-hydrogen) atoms. The molecule has 6 nitrogen and oxygen atoms in total. The fourth-order valence-corrected chi connectivity index (χ4v) is 4.52. The third kappa shape index (κ3) is 6.56. The summed E-state index contributed by atoms with van der Waals surface area (Å²) in [6.07, 6.45) is -22.3. The molecule has 0 saturated carbocycles. The van der Waals surface area contributed by atoms with Crippen LogP contribution in [0.2, 0.25) is 0 Å². The molecule has 3 rings (SSSR count). The molecular formula is C30H6F12N6. The minimum atomic E-state index is -5.58. The summed E-state index contributed by atoms with van der Waals surface area (Å²) in [5.41, 5.74) is -18.8. The van der Waals surface area contributed by atoms with Crippen LogP contribution in [-0.4, -0.2) is 0 Å². The van der Waals surface area contributed by atoms with E-state index in [1.165, 1.54) is 24.3 Å². The van der Waals surface area contributed by atoms with Gasteiger partial charge in [-0.25, -0.2) is 0 Å². The van der Waals surface area contributed by atoms with Gasteiger partial charge in [-0.1, -0.05) is 12.1 Å².